The van der Waals surface area contributed by atoms with Gasteiger partial charge in [0.05, 0.1) is 0 Å². The van der Waals surface area contributed by atoms with E-state index < -0.39 is 6.10 Å². The van der Waals surface area contributed by atoms with Crippen LogP contribution in [-0.4, -0.2) is 36.8 Å². The van der Waals surface area contributed by atoms with Crippen molar-refractivity contribution < 1.29 is 19.0 Å². The molecule has 0 spiro atoms. The second kappa shape index (κ2) is 10.2. The number of hydrogen-bond acceptors (Lipinski definition) is 4. The van der Waals surface area contributed by atoms with Crippen molar-refractivity contribution in [1.29, 1.82) is 0 Å². The van der Waals surface area contributed by atoms with Gasteiger partial charge < -0.3 is 19.1 Å². The number of nitrogens with zero attached hydrogens (tertiary/aromatic N) is 1. The van der Waals surface area contributed by atoms with Gasteiger partial charge in [0.15, 0.2) is 17.6 Å². The van der Waals surface area contributed by atoms with E-state index in [-0.39, 0.29) is 5.91 Å². The molecule has 0 N–H and O–H groups in total. The molecule has 2 heterocycles. The van der Waals surface area contributed by atoms with Crippen LogP contribution in [0.2, 0.25) is 0 Å². The average Bonchev–Trinajstić information content (AvgIpc) is 3.36. The molecule has 5 heteroatoms. The van der Waals surface area contributed by atoms with Gasteiger partial charge >= 0.3 is 0 Å². The van der Waals surface area contributed by atoms with Gasteiger partial charge in [-0.25, -0.2) is 0 Å². The Balaban J connectivity index is 1.13. The molecule has 1 fully saturated rings. The molecule has 0 saturated carbocycles. The molecular weight excluding hydrogens is 426 g/mol. The van der Waals surface area contributed by atoms with Crippen LogP contribution in [0.1, 0.15) is 31.7 Å². The molecule has 5 nitrogen and oxygen atoms in total. The average molecular weight is 458 g/mol. The second-order valence-corrected chi connectivity index (χ2v) is 9.12. The number of aryl methyl sites for hydroxylation is 1. The van der Waals surface area contributed by atoms with Crippen molar-refractivity contribution in [3.05, 3.63) is 78.4 Å². The Morgan fingerprint density at radius 2 is 1.71 bits per heavy atom. The molecule has 0 bridgehead atoms. The molecule has 3 aromatic rings. The normalized spacial score (nSPS) is 16.3. The molecule has 2 aliphatic rings. The third-order valence-electron chi connectivity index (χ3n) is 6.83. The molecule has 1 atom stereocenters. The predicted octanol–water partition coefficient (Wildman–Crippen LogP) is 5.72. The lowest BCUT2D eigenvalue weighted by Gasteiger charge is -2.33. The third kappa shape index (κ3) is 5.04. The van der Waals surface area contributed by atoms with E-state index in [1.807, 2.05) is 60.4 Å². The highest BCUT2D eigenvalue weighted by molar-refractivity contribution is 5.81. The number of fused-ring (bicyclic) bond motifs is 1. The molecule has 3 aromatic carbocycles. The van der Waals surface area contributed by atoms with E-state index in [1.54, 1.807) is 0 Å². The summed E-state index contributed by atoms with van der Waals surface area (Å²) in [6.07, 6.45) is 3.69. The van der Waals surface area contributed by atoms with Crippen LogP contribution in [0.5, 0.6) is 17.2 Å². The van der Waals surface area contributed by atoms with Crippen molar-refractivity contribution in [2.75, 3.05) is 19.9 Å². The second-order valence-electron chi connectivity index (χ2n) is 9.12. The third-order valence-corrected chi connectivity index (χ3v) is 6.83. The Bertz CT molecular complexity index is 1120. The van der Waals surface area contributed by atoms with Crippen LogP contribution >= 0.6 is 0 Å². The molecule has 1 saturated heterocycles. The summed E-state index contributed by atoms with van der Waals surface area (Å²) < 4.78 is 17.1. The standard InChI is InChI=1S/C29H31NO4/c1-21(34-26-10-6-5-9-25(26)24-7-3-2-4-8-24)29(31)30-17-15-22(16-18-30)11-12-23-13-14-27-28(19-23)33-20-32-27/h2-10,13-14,19,21-22H,11-12,15-18,20H2,1H3. The SMILES string of the molecule is CC(Oc1ccccc1-c1ccccc1)C(=O)N1CCC(CCc2ccc3c(c2)OCO3)CC1. The first-order valence-corrected chi connectivity index (χ1v) is 12.2. The van der Waals surface area contributed by atoms with E-state index in [1.165, 1.54) is 5.56 Å². The van der Waals surface area contributed by atoms with Gasteiger partial charge in [0, 0.05) is 18.7 Å². The number of likely N-dealkylation sites (tertiary alicyclic amines) is 1. The van der Waals surface area contributed by atoms with Crippen LogP contribution in [0.3, 0.4) is 0 Å². The van der Waals surface area contributed by atoms with Gasteiger partial charge in [-0.1, -0.05) is 54.6 Å². The van der Waals surface area contributed by atoms with Crippen LogP contribution < -0.4 is 14.2 Å². The van der Waals surface area contributed by atoms with Gasteiger partial charge in [-0.05, 0) is 67.9 Å². The minimum Gasteiger partial charge on any atom is -0.480 e. The molecule has 2 aliphatic heterocycles. The fourth-order valence-electron chi connectivity index (χ4n) is 4.83. The predicted molar refractivity (Wildman–Crippen MR) is 132 cm³/mol. The Morgan fingerprint density at radius 3 is 2.53 bits per heavy atom. The molecule has 34 heavy (non-hydrogen) atoms. The molecule has 176 valence electrons. The number of para-hydroxylation sites is 1. The molecule has 1 unspecified atom stereocenters. The zero-order valence-electron chi connectivity index (χ0n) is 19.6. The first kappa shape index (κ1) is 22.3. The quantitative estimate of drug-likeness (QED) is 0.455. The molecule has 0 radical (unpaired) electrons. The van der Waals surface area contributed by atoms with Gasteiger partial charge in [0.2, 0.25) is 6.79 Å². The minimum absolute atomic E-state index is 0.0667. The molecule has 5 rings (SSSR count). The van der Waals surface area contributed by atoms with Crippen molar-refractivity contribution in [3.8, 4) is 28.4 Å². The number of hydrogen-bond donors (Lipinski definition) is 0. The number of ether oxygens (including phenoxy) is 3. The maximum atomic E-state index is 13.1. The maximum Gasteiger partial charge on any atom is 0.263 e. The minimum atomic E-state index is -0.518. The first-order chi connectivity index (χ1) is 16.7. The highest BCUT2D eigenvalue weighted by Gasteiger charge is 2.27. The number of benzene rings is 3. The monoisotopic (exact) mass is 457 g/mol. The van der Waals surface area contributed by atoms with Gasteiger partial charge in [0.1, 0.15) is 5.75 Å². The highest BCUT2D eigenvalue weighted by Crippen LogP contribution is 2.34. The van der Waals surface area contributed by atoms with E-state index in [0.717, 1.165) is 67.1 Å². The van der Waals surface area contributed by atoms with Gasteiger partial charge in [-0.3, -0.25) is 4.79 Å². The maximum absolute atomic E-state index is 13.1. The number of amides is 1. The zero-order valence-corrected chi connectivity index (χ0v) is 19.6. The molecule has 0 aromatic heterocycles. The molecule has 0 aliphatic carbocycles. The van der Waals surface area contributed by atoms with E-state index in [2.05, 4.69) is 24.3 Å². The van der Waals surface area contributed by atoms with Gasteiger partial charge in [-0.15, -0.1) is 0 Å². The highest BCUT2D eigenvalue weighted by atomic mass is 16.7. The van der Waals surface area contributed by atoms with Crippen LogP contribution in [0.25, 0.3) is 11.1 Å². The number of piperidine rings is 1. The summed E-state index contributed by atoms with van der Waals surface area (Å²) in [7, 11) is 0. The lowest BCUT2D eigenvalue weighted by molar-refractivity contribution is -0.139. The number of carbonyl (C=O) groups is 1. The largest absolute Gasteiger partial charge is 0.480 e. The Morgan fingerprint density at radius 1 is 0.971 bits per heavy atom. The Kier molecular flexibility index (Phi) is 6.70. The summed E-state index contributed by atoms with van der Waals surface area (Å²) >= 11 is 0. The number of rotatable bonds is 7. The van der Waals surface area contributed by atoms with Gasteiger partial charge in [0.25, 0.3) is 5.91 Å². The van der Waals surface area contributed by atoms with E-state index >= 15 is 0 Å². The Hall–Kier alpha value is -3.47. The van der Waals surface area contributed by atoms with Crippen LogP contribution in [0.15, 0.2) is 72.8 Å². The first-order valence-electron chi connectivity index (χ1n) is 12.2. The summed E-state index contributed by atoms with van der Waals surface area (Å²) in [6.45, 7) is 3.75. The fraction of sp³-hybridized carbons (Fsp3) is 0.345. The van der Waals surface area contributed by atoms with E-state index in [4.69, 9.17) is 14.2 Å². The summed E-state index contributed by atoms with van der Waals surface area (Å²) in [4.78, 5) is 15.1. The lowest BCUT2D eigenvalue weighted by atomic mass is 9.90. The van der Waals surface area contributed by atoms with Crippen molar-refractivity contribution >= 4 is 5.91 Å². The van der Waals surface area contributed by atoms with E-state index in [9.17, 15) is 4.79 Å². The molecular formula is C29H31NO4. The van der Waals surface area contributed by atoms with Crippen molar-refractivity contribution in [2.45, 2.75) is 38.7 Å². The smallest absolute Gasteiger partial charge is 0.263 e. The van der Waals surface area contributed by atoms with Gasteiger partial charge in [-0.2, -0.15) is 0 Å². The van der Waals surface area contributed by atoms with Crippen molar-refractivity contribution in [3.63, 3.8) is 0 Å². The topological polar surface area (TPSA) is 48.0 Å². The van der Waals surface area contributed by atoms with E-state index in [0.29, 0.717) is 12.7 Å². The zero-order chi connectivity index (χ0) is 23.3. The van der Waals surface area contributed by atoms with Crippen molar-refractivity contribution in [2.24, 2.45) is 5.92 Å². The fourth-order valence-corrected chi connectivity index (χ4v) is 4.83. The number of carbonyl (C=O) groups excluding carboxylic acids is 1. The lowest BCUT2D eigenvalue weighted by Crippen LogP contribution is -2.44. The summed E-state index contributed by atoms with van der Waals surface area (Å²) in [5.41, 5.74) is 3.37. The van der Waals surface area contributed by atoms with Crippen LogP contribution in [0, 0.1) is 5.92 Å². The van der Waals surface area contributed by atoms with Crippen LogP contribution in [-0.2, 0) is 11.2 Å². The van der Waals surface area contributed by atoms with Crippen LogP contribution in [0.4, 0.5) is 0 Å². The summed E-state index contributed by atoms with van der Waals surface area (Å²) in [5, 5.41) is 0. The summed E-state index contributed by atoms with van der Waals surface area (Å²) in [5.74, 6) is 3.12. The Labute approximate surface area is 201 Å². The van der Waals surface area contributed by atoms with Crippen molar-refractivity contribution in [1.82, 2.24) is 4.90 Å². The summed E-state index contributed by atoms with van der Waals surface area (Å²) in [6, 6.07) is 24.3. The molecule has 1 amide bonds.